The molecule has 0 aliphatic rings. The van der Waals surface area contributed by atoms with E-state index >= 15 is 0 Å². The van der Waals surface area contributed by atoms with Gasteiger partial charge in [0.1, 0.15) is 6.04 Å². The summed E-state index contributed by atoms with van der Waals surface area (Å²) in [4.78, 5) is 45.4. The average molecular weight is 349 g/mol. The van der Waals surface area contributed by atoms with Crippen LogP contribution in [0.2, 0.25) is 0 Å². The van der Waals surface area contributed by atoms with Crippen molar-refractivity contribution in [2.75, 3.05) is 13.1 Å². The molecule has 1 aromatic carbocycles. The second-order valence-corrected chi connectivity index (χ2v) is 5.48. The fourth-order valence-electron chi connectivity index (χ4n) is 2.07. The van der Waals surface area contributed by atoms with Crippen LogP contribution < -0.4 is 16.0 Å². The molecule has 0 saturated carbocycles. The number of carboxylic acid groups (broad SMARTS) is 1. The zero-order chi connectivity index (χ0) is 18.7. The van der Waals surface area contributed by atoms with Crippen LogP contribution in [0.5, 0.6) is 0 Å². The number of benzene rings is 1. The summed E-state index contributed by atoms with van der Waals surface area (Å²) in [6, 6.07) is 7.93. The van der Waals surface area contributed by atoms with Gasteiger partial charge in [0.25, 0.3) is 0 Å². The van der Waals surface area contributed by atoms with Crippen molar-refractivity contribution in [1.29, 1.82) is 0 Å². The van der Waals surface area contributed by atoms with Crippen molar-refractivity contribution in [1.82, 2.24) is 16.0 Å². The van der Waals surface area contributed by atoms with Gasteiger partial charge in [-0.05, 0) is 5.56 Å². The Morgan fingerprint density at radius 3 is 2.16 bits per heavy atom. The summed E-state index contributed by atoms with van der Waals surface area (Å²) in [5, 5.41) is 16.7. The fraction of sp³-hybridized carbons (Fsp3) is 0.412. The van der Waals surface area contributed by atoms with Crippen molar-refractivity contribution in [3.8, 4) is 0 Å². The molecule has 1 atom stereocenters. The Bertz CT molecular complexity index is 604. The Balaban J connectivity index is 2.34. The molecule has 8 nitrogen and oxygen atoms in total. The summed E-state index contributed by atoms with van der Waals surface area (Å²) >= 11 is 0. The molecule has 0 fully saturated rings. The Morgan fingerprint density at radius 1 is 0.960 bits per heavy atom. The lowest BCUT2D eigenvalue weighted by molar-refractivity contribution is -0.141. The molecule has 0 saturated heterocycles. The van der Waals surface area contributed by atoms with E-state index in [1.807, 2.05) is 6.07 Å². The number of hydrogen-bond acceptors (Lipinski definition) is 4. The maximum Gasteiger partial charge on any atom is 0.326 e. The highest BCUT2D eigenvalue weighted by Gasteiger charge is 2.20. The number of hydrogen-bond donors (Lipinski definition) is 4. The van der Waals surface area contributed by atoms with Crippen LogP contribution in [0.25, 0.3) is 0 Å². The smallest absolute Gasteiger partial charge is 0.326 e. The van der Waals surface area contributed by atoms with Gasteiger partial charge in [0.15, 0.2) is 0 Å². The van der Waals surface area contributed by atoms with Gasteiger partial charge in [-0.15, -0.1) is 0 Å². The first-order chi connectivity index (χ1) is 11.9. The predicted octanol–water partition coefficient (Wildman–Crippen LogP) is -0.169. The van der Waals surface area contributed by atoms with Crippen LogP contribution in [0, 0.1) is 0 Å². The topological polar surface area (TPSA) is 125 Å². The average Bonchev–Trinajstić information content (AvgIpc) is 2.57. The lowest BCUT2D eigenvalue weighted by Crippen LogP contribution is -2.42. The van der Waals surface area contributed by atoms with Crippen LogP contribution in [-0.2, 0) is 25.6 Å². The van der Waals surface area contributed by atoms with Crippen LogP contribution in [0.1, 0.15) is 25.3 Å². The van der Waals surface area contributed by atoms with Crippen molar-refractivity contribution in [2.45, 2.75) is 32.2 Å². The maximum atomic E-state index is 11.9. The maximum absolute atomic E-state index is 11.9. The van der Waals surface area contributed by atoms with Gasteiger partial charge in [0.2, 0.25) is 17.7 Å². The third-order valence-corrected chi connectivity index (χ3v) is 3.32. The zero-order valence-corrected chi connectivity index (χ0v) is 14.1. The number of nitrogens with one attached hydrogen (secondary N) is 3. The number of carbonyl (C=O) groups is 4. The van der Waals surface area contributed by atoms with E-state index in [1.165, 1.54) is 6.92 Å². The highest BCUT2D eigenvalue weighted by Crippen LogP contribution is 2.04. The fourth-order valence-corrected chi connectivity index (χ4v) is 2.07. The third-order valence-electron chi connectivity index (χ3n) is 3.32. The molecule has 1 aromatic rings. The monoisotopic (exact) mass is 349 g/mol. The molecular weight excluding hydrogens is 326 g/mol. The van der Waals surface area contributed by atoms with E-state index in [9.17, 15) is 24.3 Å². The van der Waals surface area contributed by atoms with Crippen molar-refractivity contribution in [3.05, 3.63) is 35.9 Å². The molecule has 0 spiro atoms. The molecule has 0 aliphatic heterocycles. The first kappa shape index (κ1) is 20.1. The Hall–Kier alpha value is -2.90. The van der Waals surface area contributed by atoms with Gasteiger partial charge in [-0.25, -0.2) is 4.79 Å². The van der Waals surface area contributed by atoms with Crippen LogP contribution in [0.15, 0.2) is 30.3 Å². The van der Waals surface area contributed by atoms with Crippen molar-refractivity contribution < 1.29 is 24.3 Å². The van der Waals surface area contributed by atoms with Crippen molar-refractivity contribution in [3.63, 3.8) is 0 Å². The lowest BCUT2D eigenvalue weighted by atomic mass is 10.1. The summed E-state index contributed by atoms with van der Waals surface area (Å²) < 4.78 is 0. The molecule has 0 heterocycles. The second-order valence-electron chi connectivity index (χ2n) is 5.48. The predicted molar refractivity (Wildman–Crippen MR) is 90.6 cm³/mol. The molecule has 0 aliphatic carbocycles. The molecule has 3 amide bonds. The normalized spacial score (nSPS) is 11.2. The van der Waals surface area contributed by atoms with Gasteiger partial charge in [-0.2, -0.15) is 0 Å². The zero-order valence-electron chi connectivity index (χ0n) is 14.1. The quantitative estimate of drug-likeness (QED) is 0.437. The van der Waals surface area contributed by atoms with Gasteiger partial charge < -0.3 is 21.1 Å². The van der Waals surface area contributed by atoms with Gasteiger partial charge in [-0.3, -0.25) is 14.4 Å². The van der Waals surface area contributed by atoms with Crippen molar-refractivity contribution in [2.24, 2.45) is 0 Å². The number of rotatable bonds is 10. The van der Waals surface area contributed by atoms with E-state index in [-0.39, 0.29) is 37.6 Å². The largest absolute Gasteiger partial charge is 0.480 e. The number of carbonyl (C=O) groups excluding carboxylic acids is 3. The van der Waals surface area contributed by atoms with Crippen LogP contribution in [0.3, 0.4) is 0 Å². The van der Waals surface area contributed by atoms with E-state index in [0.717, 1.165) is 5.56 Å². The molecule has 25 heavy (non-hydrogen) atoms. The summed E-state index contributed by atoms with van der Waals surface area (Å²) in [6.45, 7) is 1.96. The van der Waals surface area contributed by atoms with E-state index in [1.54, 1.807) is 24.3 Å². The lowest BCUT2D eigenvalue weighted by Gasteiger charge is -2.14. The van der Waals surface area contributed by atoms with Crippen LogP contribution in [-0.4, -0.2) is 47.9 Å². The molecule has 1 unspecified atom stereocenters. The minimum absolute atomic E-state index is 0.0520. The van der Waals surface area contributed by atoms with E-state index in [2.05, 4.69) is 16.0 Å². The van der Waals surface area contributed by atoms with E-state index in [0.29, 0.717) is 6.54 Å². The third kappa shape index (κ3) is 9.09. The Morgan fingerprint density at radius 2 is 1.56 bits per heavy atom. The van der Waals surface area contributed by atoms with Gasteiger partial charge >= 0.3 is 5.97 Å². The Kier molecular flexibility index (Phi) is 8.70. The second kappa shape index (κ2) is 10.8. The SMILES string of the molecule is CC(=O)NCCNC(=O)CCC(=O)NC(Cc1ccccc1)C(=O)O. The highest BCUT2D eigenvalue weighted by molar-refractivity contribution is 5.87. The summed E-state index contributed by atoms with van der Waals surface area (Å²) in [5.41, 5.74) is 0.797. The minimum atomic E-state index is -1.13. The molecule has 8 heteroatoms. The number of aliphatic carboxylic acids is 1. The molecular formula is C17H23N3O5. The Labute approximate surface area is 146 Å². The summed E-state index contributed by atoms with van der Waals surface area (Å²) in [5.74, 6) is -2.15. The molecule has 0 radical (unpaired) electrons. The molecule has 1 rings (SSSR count). The molecule has 4 N–H and O–H groups in total. The highest BCUT2D eigenvalue weighted by atomic mass is 16.4. The first-order valence-corrected chi connectivity index (χ1v) is 7.95. The molecule has 0 bridgehead atoms. The standard InChI is InChI=1S/C17H23N3O5/c1-12(21)18-9-10-19-15(22)7-8-16(23)20-14(17(24)25)11-13-5-3-2-4-6-13/h2-6,14H,7-11H2,1H3,(H,18,21)(H,19,22)(H,20,23)(H,24,25). The molecule has 136 valence electrons. The van der Waals surface area contributed by atoms with Gasteiger partial charge in [-0.1, -0.05) is 30.3 Å². The van der Waals surface area contributed by atoms with Crippen molar-refractivity contribution >= 4 is 23.7 Å². The minimum Gasteiger partial charge on any atom is -0.480 e. The number of amides is 3. The molecule has 0 aromatic heterocycles. The summed E-state index contributed by atoms with van der Waals surface area (Å²) in [7, 11) is 0. The van der Waals surface area contributed by atoms with E-state index in [4.69, 9.17) is 0 Å². The van der Waals surface area contributed by atoms with Gasteiger partial charge in [0.05, 0.1) is 0 Å². The van der Waals surface area contributed by atoms with E-state index < -0.39 is 17.9 Å². The van der Waals surface area contributed by atoms with Gasteiger partial charge in [0, 0.05) is 39.3 Å². The van der Waals surface area contributed by atoms with Crippen LogP contribution >= 0.6 is 0 Å². The van der Waals surface area contributed by atoms with Crippen LogP contribution in [0.4, 0.5) is 0 Å². The first-order valence-electron chi connectivity index (χ1n) is 7.95. The summed E-state index contributed by atoms with van der Waals surface area (Å²) in [6.07, 6.45) is 0.0128. The number of carboxylic acids is 1.